The maximum absolute atomic E-state index is 5.86. The summed E-state index contributed by atoms with van der Waals surface area (Å²) in [6.07, 6.45) is 7.08. The number of hydrogen-bond donors (Lipinski definition) is 1. The summed E-state index contributed by atoms with van der Waals surface area (Å²) in [4.78, 5) is 0. The summed E-state index contributed by atoms with van der Waals surface area (Å²) in [5.74, 6) is 1.08. The third-order valence-corrected chi connectivity index (χ3v) is 3.44. The molecule has 2 atom stereocenters. The zero-order valence-electron chi connectivity index (χ0n) is 6.96. The van der Waals surface area contributed by atoms with Gasteiger partial charge in [-0.1, -0.05) is 12.5 Å². The number of nitrogens with two attached hydrogens (primary N) is 1. The summed E-state index contributed by atoms with van der Waals surface area (Å²) < 4.78 is 0. The van der Waals surface area contributed by atoms with Crippen molar-refractivity contribution in [3.8, 4) is 0 Å². The molecular formula is C9H17NS. The van der Waals surface area contributed by atoms with Gasteiger partial charge in [0.2, 0.25) is 0 Å². The van der Waals surface area contributed by atoms with Crippen LogP contribution in [0.5, 0.6) is 0 Å². The minimum Gasteiger partial charge on any atom is -0.328 e. The fraction of sp³-hybridized carbons (Fsp3) is 0.778. The smallest absolute Gasteiger partial charge is 0.0113 e. The molecule has 0 amide bonds. The number of rotatable bonds is 3. The monoisotopic (exact) mass is 171 g/mol. The average Bonchev–Trinajstić information content (AvgIpc) is 2.01. The average molecular weight is 171 g/mol. The van der Waals surface area contributed by atoms with E-state index in [9.17, 15) is 0 Å². The van der Waals surface area contributed by atoms with Crippen LogP contribution in [0.2, 0.25) is 0 Å². The van der Waals surface area contributed by atoms with E-state index >= 15 is 0 Å². The van der Waals surface area contributed by atoms with Crippen molar-refractivity contribution in [3.05, 3.63) is 12.7 Å². The standard InChI is InChI=1S/C9H17NS/c1-2-6-11-9-5-3-4-8(10)7-9/h2,8-9H,1,3-7,10H2. The van der Waals surface area contributed by atoms with Gasteiger partial charge in [-0.2, -0.15) is 11.8 Å². The third-order valence-electron chi connectivity index (χ3n) is 2.12. The predicted molar refractivity (Wildman–Crippen MR) is 52.9 cm³/mol. The van der Waals surface area contributed by atoms with Crippen molar-refractivity contribution in [1.29, 1.82) is 0 Å². The molecule has 2 N–H and O–H groups in total. The molecule has 1 saturated carbocycles. The highest BCUT2D eigenvalue weighted by Crippen LogP contribution is 2.27. The van der Waals surface area contributed by atoms with Gasteiger partial charge in [0.1, 0.15) is 0 Å². The second-order valence-corrected chi connectivity index (χ2v) is 4.50. The van der Waals surface area contributed by atoms with Crippen LogP contribution in [0, 0.1) is 0 Å². The Kier molecular flexibility index (Phi) is 4.02. The topological polar surface area (TPSA) is 26.0 Å². The maximum atomic E-state index is 5.86. The Morgan fingerprint density at radius 3 is 3.00 bits per heavy atom. The lowest BCUT2D eigenvalue weighted by atomic mass is 9.96. The number of thioether (sulfide) groups is 1. The van der Waals surface area contributed by atoms with Crippen molar-refractivity contribution < 1.29 is 0 Å². The highest BCUT2D eigenvalue weighted by atomic mass is 32.2. The fourth-order valence-electron chi connectivity index (χ4n) is 1.54. The van der Waals surface area contributed by atoms with Crippen molar-refractivity contribution in [2.24, 2.45) is 5.73 Å². The molecule has 2 heteroatoms. The molecule has 0 radical (unpaired) electrons. The predicted octanol–water partition coefficient (Wildman–Crippen LogP) is 2.18. The van der Waals surface area contributed by atoms with E-state index in [0.717, 1.165) is 11.0 Å². The van der Waals surface area contributed by atoms with Crippen LogP contribution >= 0.6 is 11.8 Å². The second kappa shape index (κ2) is 4.83. The van der Waals surface area contributed by atoms with Crippen LogP contribution in [0.25, 0.3) is 0 Å². The van der Waals surface area contributed by atoms with E-state index in [1.165, 1.54) is 25.7 Å². The lowest BCUT2D eigenvalue weighted by Gasteiger charge is -2.25. The third kappa shape index (κ3) is 3.30. The van der Waals surface area contributed by atoms with E-state index < -0.39 is 0 Å². The molecule has 64 valence electrons. The molecule has 0 aromatic rings. The first-order chi connectivity index (χ1) is 5.33. The Morgan fingerprint density at radius 1 is 1.55 bits per heavy atom. The van der Waals surface area contributed by atoms with Crippen LogP contribution in [-0.2, 0) is 0 Å². The van der Waals surface area contributed by atoms with Crippen molar-refractivity contribution >= 4 is 11.8 Å². The molecule has 1 fully saturated rings. The van der Waals surface area contributed by atoms with E-state index in [1.807, 2.05) is 17.8 Å². The minimum atomic E-state index is 0.464. The van der Waals surface area contributed by atoms with Crippen molar-refractivity contribution in [2.45, 2.75) is 37.0 Å². The van der Waals surface area contributed by atoms with Crippen LogP contribution in [-0.4, -0.2) is 17.0 Å². The van der Waals surface area contributed by atoms with Crippen molar-refractivity contribution in [2.75, 3.05) is 5.75 Å². The highest BCUT2D eigenvalue weighted by Gasteiger charge is 2.18. The van der Waals surface area contributed by atoms with E-state index in [1.54, 1.807) is 0 Å². The van der Waals surface area contributed by atoms with Gasteiger partial charge < -0.3 is 5.73 Å². The van der Waals surface area contributed by atoms with Gasteiger partial charge in [0, 0.05) is 17.0 Å². The lowest BCUT2D eigenvalue weighted by Crippen LogP contribution is -2.29. The Hall–Kier alpha value is 0.0500. The normalized spacial score (nSPS) is 31.7. The molecule has 1 rings (SSSR count). The first-order valence-electron chi connectivity index (χ1n) is 4.31. The van der Waals surface area contributed by atoms with Crippen LogP contribution in [0.4, 0.5) is 0 Å². The van der Waals surface area contributed by atoms with Gasteiger partial charge in [-0.3, -0.25) is 0 Å². The summed E-state index contributed by atoms with van der Waals surface area (Å²) in [6, 6.07) is 0.464. The first-order valence-corrected chi connectivity index (χ1v) is 5.36. The molecule has 1 nitrogen and oxygen atoms in total. The zero-order valence-corrected chi connectivity index (χ0v) is 7.78. The molecule has 2 unspecified atom stereocenters. The van der Waals surface area contributed by atoms with Crippen LogP contribution < -0.4 is 5.73 Å². The summed E-state index contributed by atoms with van der Waals surface area (Å²) in [5.41, 5.74) is 5.86. The molecule has 0 heterocycles. The summed E-state index contributed by atoms with van der Waals surface area (Å²) in [5, 5.41) is 0.803. The van der Waals surface area contributed by atoms with Gasteiger partial charge in [0.15, 0.2) is 0 Å². The first kappa shape index (κ1) is 9.14. The van der Waals surface area contributed by atoms with Gasteiger partial charge in [-0.05, 0) is 19.3 Å². The Morgan fingerprint density at radius 2 is 2.36 bits per heavy atom. The zero-order chi connectivity index (χ0) is 8.10. The fourth-order valence-corrected chi connectivity index (χ4v) is 2.66. The highest BCUT2D eigenvalue weighted by molar-refractivity contribution is 8.00. The molecule has 0 aromatic carbocycles. The van der Waals surface area contributed by atoms with Crippen LogP contribution in [0.3, 0.4) is 0 Å². The van der Waals surface area contributed by atoms with E-state index in [2.05, 4.69) is 6.58 Å². The van der Waals surface area contributed by atoms with Crippen molar-refractivity contribution in [3.63, 3.8) is 0 Å². The number of hydrogen-bond acceptors (Lipinski definition) is 2. The van der Waals surface area contributed by atoms with E-state index in [0.29, 0.717) is 6.04 Å². The maximum Gasteiger partial charge on any atom is 0.0113 e. The van der Waals surface area contributed by atoms with Gasteiger partial charge in [0.05, 0.1) is 0 Å². The van der Waals surface area contributed by atoms with E-state index in [-0.39, 0.29) is 0 Å². The van der Waals surface area contributed by atoms with E-state index in [4.69, 9.17) is 5.73 Å². The molecular weight excluding hydrogens is 154 g/mol. The second-order valence-electron chi connectivity index (χ2n) is 3.17. The summed E-state index contributed by atoms with van der Waals surface area (Å²) in [6.45, 7) is 3.71. The molecule has 1 aliphatic rings. The largest absolute Gasteiger partial charge is 0.328 e. The quantitative estimate of drug-likeness (QED) is 0.659. The van der Waals surface area contributed by atoms with Crippen molar-refractivity contribution in [1.82, 2.24) is 0 Å². The SMILES string of the molecule is C=CCSC1CCCC(N)C1. The van der Waals surface area contributed by atoms with Gasteiger partial charge in [0.25, 0.3) is 0 Å². The van der Waals surface area contributed by atoms with Gasteiger partial charge in [-0.15, -0.1) is 6.58 Å². The summed E-state index contributed by atoms with van der Waals surface area (Å²) >= 11 is 2.00. The van der Waals surface area contributed by atoms with Crippen LogP contribution in [0.15, 0.2) is 12.7 Å². The minimum absolute atomic E-state index is 0.464. The van der Waals surface area contributed by atoms with Gasteiger partial charge in [-0.25, -0.2) is 0 Å². The molecule has 0 aromatic heterocycles. The Labute approximate surface area is 73.4 Å². The molecule has 0 aliphatic heterocycles. The van der Waals surface area contributed by atoms with Crippen LogP contribution in [0.1, 0.15) is 25.7 Å². The Balaban J connectivity index is 2.17. The molecule has 11 heavy (non-hydrogen) atoms. The molecule has 0 spiro atoms. The molecule has 0 bridgehead atoms. The molecule has 1 aliphatic carbocycles. The van der Waals surface area contributed by atoms with Gasteiger partial charge >= 0.3 is 0 Å². The molecule has 0 saturated heterocycles. The summed E-state index contributed by atoms with van der Waals surface area (Å²) in [7, 11) is 0. The Bertz CT molecular complexity index is 125. The lowest BCUT2D eigenvalue weighted by molar-refractivity contribution is 0.451.